The Morgan fingerprint density at radius 1 is 1.20 bits per heavy atom. The number of fused-ring (bicyclic) bond motifs is 1. The number of aryl methyl sites for hydroxylation is 1. The molecule has 20 heavy (non-hydrogen) atoms. The van der Waals surface area contributed by atoms with E-state index in [1.54, 1.807) is 11.3 Å². The number of thiophene rings is 1. The SMILES string of the molecule is Cc1ccc(C(N)c2csc3c(Br)cccc23)c(Cl)c1. The van der Waals surface area contributed by atoms with Crippen molar-refractivity contribution in [3.8, 4) is 0 Å². The van der Waals surface area contributed by atoms with E-state index >= 15 is 0 Å². The summed E-state index contributed by atoms with van der Waals surface area (Å²) in [6.07, 6.45) is 0. The van der Waals surface area contributed by atoms with Gasteiger partial charge in [-0.25, -0.2) is 0 Å². The molecule has 1 aromatic heterocycles. The lowest BCUT2D eigenvalue weighted by atomic mass is 9.98. The maximum Gasteiger partial charge on any atom is 0.0580 e. The lowest BCUT2D eigenvalue weighted by molar-refractivity contribution is 0.884. The smallest absolute Gasteiger partial charge is 0.0580 e. The van der Waals surface area contributed by atoms with Gasteiger partial charge in [0.05, 0.1) is 6.04 Å². The molecule has 1 atom stereocenters. The Bertz CT molecular complexity index is 781. The van der Waals surface area contributed by atoms with Crippen molar-refractivity contribution in [3.63, 3.8) is 0 Å². The molecule has 0 aliphatic heterocycles. The Kier molecular flexibility index (Phi) is 3.87. The Morgan fingerprint density at radius 3 is 2.75 bits per heavy atom. The molecule has 1 heterocycles. The van der Waals surface area contributed by atoms with E-state index in [9.17, 15) is 0 Å². The number of halogens is 2. The molecule has 1 unspecified atom stereocenters. The first-order chi connectivity index (χ1) is 9.58. The van der Waals surface area contributed by atoms with Crippen molar-refractivity contribution in [2.45, 2.75) is 13.0 Å². The number of benzene rings is 2. The van der Waals surface area contributed by atoms with Gasteiger partial charge < -0.3 is 5.73 Å². The van der Waals surface area contributed by atoms with Crippen LogP contribution in [0.4, 0.5) is 0 Å². The van der Waals surface area contributed by atoms with Gasteiger partial charge in [0.25, 0.3) is 0 Å². The minimum atomic E-state index is -0.203. The normalized spacial score (nSPS) is 12.8. The third-order valence-corrected chi connectivity index (χ3v) is 5.71. The molecule has 3 aromatic rings. The van der Waals surface area contributed by atoms with Crippen molar-refractivity contribution in [3.05, 3.63) is 68.0 Å². The van der Waals surface area contributed by atoms with E-state index in [0.717, 1.165) is 26.2 Å². The standard InChI is InChI=1S/C16H13BrClNS/c1-9-5-6-11(14(18)7-9)15(19)12-8-20-16-10(12)3-2-4-13(16)17/h2-8,15H,19H2,1H3. The van der Waals surface area contributed by atoms with Crippen LogP contribution in [0.1, 0.15) is 22.7 Å². The lowest BCUT2D eigenvalue weighted by Crippen LogP contribution is -2.11. The maximum absolute atomic E-state index is 6.43. The highest BCUT2D eigenvalue weighted by Gasteiger charge is 2.17. The largest absolute Gasteiger partial charge is 0.320 e. The zero-order chi connectivity index (χ0) is 14.3. The zero-order valence-electron chi connectivity index (χ0n) is 10.9. The minimum Gasteiger partial charge on any atom is -0.320 e. The van der Waals surface area contributed by atoms with Crippen LogP contribution in [0.15, 0.2) is 46.3 Å². The summed E-state index contributed by atoms with van der Waals surface area (Å²) in [7, 11) is 0. The summed E-state index contributed by atoms with van der Waals surface area (Å²) in [5.41, 5.74) is 9.67. The summed E-state index contributed by atoms with van der Waals surface area (Å²) < 4.78 is 2.33. The molecule has 0 aliphatic carbocycles. The van der Waals surface area contributed by atoms with Crippen molar-refractivity contribution in [2.24, 2.45) is 5.73 Å². The van der Waals surface area contributed by atoms with E-state index in [0.29, 0.717) is 0 Å². The highest BCUT2D eigenvalue weighted by atomic mass is 79.9. The van der Waals surface area contributed by atoms with Crippen LogP contribution in [0.5, 0.6) is 0 Å². The lowest BCUT2D eigenvalue weighted by Gasteiger charge is -2.14. The molecule has 0 saturated heterocycles. The molecule has 0 saturated carbocycles. The van der Waals surface area contributed by atoms with Gasteiger partial charge in [-0.3, -0.25) is 0 Å². The predicted octanol–water partition coefficient (Wildman–Crippen LogP) is 5.67. The van der Waals surface area contributed by atoms with Gasteiger partial charge in [-0.15, -0.1) is 11.3 Å². The highest BCUT2D eigenvalue weighted by Crippen LogP contribution is 2.37. The minimum absolute atomic E-state index is 0.203. The van der Waals surface area contributed by atoms with Crippen molar-refractivity contribution >= 4 is 49.0 Å². The topological polar surface area (TPSA) is 26.0 Å². The monoisotopic (exact) mass is 365 g/mol. The first kappa shape index (κ1) is 14.1. The van der Waals surface area contributed by atoms with E-state index in [4.69, 9.17) is 17.3 Å². The van der Waals surface area contributed by atoms with Crippen LogP contribution in [0.3, 0.4) is 0 Å². The molecular weight excluding hydrogens is 354 g/mol. The molecule has 0 spiro atoms. The summed E-state index contributed by atoms with van der Waals surface area (Å²) in [5.74, 6) is 0. The van der Waals surface area contributed by atoms with Crippen molar-refractivity contribution in [2.75, 3.05) is 0 Å². The van der Waals surface area contributed by atoms with E-state index in [-0.39, 0.29) is 6.04 Å². The first-order valence-electron chi connectivity index (χ1n) is 6.25. The van der Waals surface area contributed by atoms with Crippen LogP contribution in [-0.4, -0.2) is 0 Å². The van der Waals surface area contributed by atoms with Crippen LogP contribution in [0.2, 0.25) is 5.02 Å². The average molecular weight is 367 g/mol. The quantitative estimate of drug-likeness (QED) is 0.621. The molecule has 1 nitrogen and oxygen atoms in total. The Balaban J connectivity index is 2.13. The van der Waals surface area contributed by atoms with E-state index < -0.39 is 0 Å². The molecule has 2 N–H and O–H groups in total. The van der Waals surface area contributed by atoms with Gasteiger partial charge >= 0.3 is 0 Å². The maximum atomic E-state index is 6.43. The Morgan fingerprint density at radius 2 is 2.00 bits per heavy atom. The number of hydrogen-bond acceptors (Lipinski definition) is 2. The van der Waals surface area contributed by atoms with Crippen molar-refractivity contribution in [1.82, 2.24) is 0 Å². The summed E-state index contributed by atoms with van der Waals surface area (Å²) in [6, 6.07) is 12.0. The van der Waals surface area contributed by atoms with Crippen LogP contribution >= 0.6 is 38.9 Å². The van der Waals surface area contributed by atoms with Crippen LogP contribution in [0.25, 0.3) is 10.1 Å². The number of hydrogen-bond donors (Lipinski definition) is 1. The van der Waals surface area contributed by atoms with Gasteiger partial charge in [0.1, 0.15) is 0 Å². The fourth-order valence-electron chi connectivity index (χ4n) is 2.33. The fourth-order valence-corrected chi connectivity index (χ4v) is 4.35. The number of nitrogens with two attached hydrogens (primary N) is 1. The highest BCUT2D eigenvalue weighted by molar-refractivity contribution is 9.10. The second-order valence-corrected chi connectivity index (χ2v) is 6.95. The summed E-state index contributed by atoms with van der Waals surface area (Å²) >= 11 is 11.6. The van der Waals surface area contributed by atoms with Crippen LogP contribution < -0.4 is 5.73 Å². The summed E-state index contributed by atoms with van der Waals surface area (Å²) in [5, 5.41) is 4.04. The average Bonchev–Trinajstić information content (AvgIpc) is 2.83. The van der Waals surface area contributed by atoms with Gasteiger partial charge in [-0.05, 0) is 62.4 Å². The predicted molar refractivity (Wildman–Crippen MR) is 91.7 cm³/mol. The van der Waals surface area contributed by atoms with E-state index in [1.807, 2.05) is 37.3 Å². The fraction of sp³-hybridized carbons (Fsp3) is 0.125. The molecule has 0 bridgehead atoms. The van der Waals surface area contributed by atoms with Gasteiger partial charge in [0, 0.05) is 14.2 Å². The summed E-state index contributed by atoms with van der Waals surface area (Å²) in [6.45, 7) is 2.03. The van der Waals surface area contributed by atoms with Crippen molar-refractivity contribution in [1.29, 1.82) is 0 Å². The third kappa shape index (κ3) is 2.40. The Labute approximate surface area is 135 Å². The molecule has 0 fully saturated rings. The first-order valence-corrected chi connectivity index (χ1v) is 8.30. The van der Waals surface area contributed by atoms with Crippen LogP contribution in [-0.2, 0) is 0 Å². The molecule has 4 heteroatoms. The molecule has 3 rings (SSSR count). The van der Waals surface area contributed by atoms with Gasteiger partial charge in [0.2, 0.25) is 0 Å². The van der Waals surface area contributed by atoms with Gasteiger partial charge in [-0.1, -0.05) is 35.9 Å². The molecule has 2 aromatic carbocycles. The number of rotatable bonds is 2. The molecule has 0 aliphatic rings. The zero-order valence-corrected chi connectivity index (χ0v) is 14.0. The molecule has 102 valence electrons. The Hall–Kier alpha value is -0.870. The van der Waals surface area contributed by atoms with Crippen LogP contribution in [0, 0.1) is 6.92 Å². The third-order valence-electron chi connectivity index (χ3n) is 3.41. The molecule has 0 amide bonds. The van der Waals surface area contributed by atoms with Crippen molar-refractivity contribution < 1.29 is 0 Å². The second kappa shape index (κ2) is 5.49. The molecule has 0 radical (unpaired) electrons. The van der Waals surface area contributed by atoms with E-state index in [2.05, 4.69) is 27.4 Å². The molecular formula is C16H13BrClNS. The summed E-state index contributed by atoms with van der Waals surface area (Å²) in [4.78, 5) is 0. The second-order valence-electron chi connectivity index (χ2n) is 4.81. The van der Waals surface area contributed by atoms with Gasteiger partial charge in [-0.2, -0.15) is 0 Å². The van der Waals surface area contributed by atoms with Gasteiger partial charge in [0.15, 0.2) is 0 Å². The van der Waals surface area contributed by atoms with E-state index in [1.165, 1.54) is 10.1 Å².